The highest BCUT2D eigenvalue weighted by Crippen LogP contribution is 2.17. The Bertz CT molecular complexity index is 184. The minimum atomic E-state index is -0.307. The zero-order valence-corrected chi connectivity index (χ0v) is 8.66. The normalized spacial score (nSPS) is 27.3. The molecule has 0 spiro atoms. The molecule has 1 saturated carbocycles. The van der Waals surface area contributed by atoms with E-state index in [-0.39, 0.29) is 24.7 Å². The SMILES string of the molecule is CCOC(=O)CNC1CCCCC1O. The van der Waals surface area contributed by atoms with Crippen LogP contribution in [0.4, 0.5) is 0 Å². The highest BCUT2D eigenvalue weighted by molar-refractivity contribution is 5.71. The molecular weight excluding hydrogens is 182 g/mol. The van der Waals surface area contributed by atoms with Gasteiger partial charge in [-0.1, -0.05) is 12.8 Å². The van der Waals surface area contributed by atoms with Gasteiger partial charge in [-0.2, -0.15) is 0 Å². The smallest absolute Gasteiger partial charge is 0.319 e. The molecule has 0 aromatic heterocycles. The first-order valence-electron chi connectivity index (χ1n) is 5.31. The Hall–Kier alpha value is -0.610. The van der Waals surface area contributed by atoms with Crippen LogP contribution in [-0.2, 0) is 9.53 Å². The molecule has 1 rings (SSSR count). The molecule has 0 radical (unpaired) electrons. The van der Waals surface area contributed by atoms with Crippen LogP contribution in [0.3, 0.4) is 0 Å². The molecule has 1 aliphatic rings. The van der Waals surface area contributed by atoms with Crippen molar-refractivity contribution >= 4 is 5.97 Å². The number of aliphatic hydroxyl groups is 1. The fraction of sp³-hybridized carbons (Fsp3) is 0.900. The highest BCUT2D eigenvalue weighted by Gasteiger charge is 2.22. The van der Waals surface area contributed by atoms with Crippen LogP contribution in [0, 0.1) is 0 Å². The molecule has 4 nitrogen and oxygen atoms in total. The van der Waals surface area contributed by atoms with E-state index in [9.17, 15) is 9.90 Å². The summed E-state index contributed by atoms with van der Waals surface area (Å²) in [4.78, 5) is 11.0. The van der Waals surface area contributed by atoms with Crippen molar-refractivity contribution in [2.75, 3.05) is 13.2 Å². The molecule has 2 atom stereocenters. The van der Waals surface area contributed by atoms with Crippen LogP contribution in [-0.4, -0.2) is 36.4 Å². The van der Waals surface area contributed by atoms with Crippen LogP contribution in [0.25, 0.3) is 0 Å². The average molecular weight is 201 g/mol. The third-order valence-corrected chi connectivity index (χ3v) is 2.54. The van der Waals surface area contributed by atoms with Gasteiger partial charge in [0.2, 0.25) is 0 Å². The van der Waals surface area contributed by atoms with Crippen LogP contribution >= 0.6 is 0 Å². The molecule has 1 aliphatic carbocycles. The van der Waals surface area contributed by atoms with Crippen LogP contribution < -0.4 is 5.32 Å². The molecule has 14 heavy (non-hydrogen) atoms. The number of hydrogen-bond acceptors (Lipinski definition) is 4. The number of ether oxygens (including phenoxy) is 1. The fourth-order valence-corrected chi connectivity index (χ4v) is 1.78. The van der Waals surface area contributed by atoms with Crippen molar-refractivity contribution in [2.24, 2.45) is 0 Å². The van der Waals surface area contributed by atoms with Gasteiger partial charge in [-0.05, 0) is 19.8 Å². The molecule has 2 N–H and O–H groups in total. The van der Waals surface area contributed by atoms with Gasteiger partial charge in [0, 0.05) is 6.04 Å². The summed E-state index contributed by atoms with van der Waals surface area (Å²) in [5, 5.41) is 12.6. The lowest BCUT2D eigenvalue weighted by molar-refractivity contribution is -0.142. The zero-order chi connectivity index (χ0) is 10.4. The molecule has 0 bridgehead atoms. The molecule has 2 unspecified atom stereocenters. The Labute approximate surface area is 84.6 Å². The summed E-state index contributed by atoms with van der Waals surface area (Å²) < 4.78 is 4.79. The Morgan fingerprint density at radius 2 is 2.21 bits per heavy atom. The van der Waals surface area contributed by atoms with Gasteiger partial charge in [-0.25, -0.2) is 0 Å². The lowest BCUT2D eigenvalue weighted by Gasteiger charge is -2.28. The van der Waals surface area contributed by atoms with Crippen molar-refractivity contribution in [1.29, 1.82) is 0 Å². The highest BCUT2D eigenvalue weighted by atomic mass is 16.5. The lowest BCUT2D eigenvalue weighted by atomic mass is 9.93. The Balaban J connectivity index is 2.19. The fourth-order valence-electron chi connectivity index (χ4n) is 1.78. The van der Waals surface area contributed by atoms with Gasteiger partial charge in [-0.3, -0.25) is 4.79 Å². The predicted molar refractivity (Wildman–Crippen MR) is 52.9 cm³/mol. The van der Waals surface area contributed by atoms with Crippen LogP contribution in [0.1, 0.15) is 32.6 Å². The molecule has 0 amide bonds. The standard InChI is InChI=1S/C10H19NO3/c1-2-14-10(13)7-11-8-5-3-4-6-9(8)12/h8-9,11-12H,2-7H2,1H3. The first kappa shape index (κ1) is 11.5. The summed E-state index contributed by atoms with van der Waals surface area (Å²) in [6.45, 7) is 2.40. The van der Waals surface area contributed by atoms with Gasteiger partial charge in [-0.15, -0.1) is 0 Å². The van der Waals surface area contributed by atoms with Crippen molar-refractivity contribution in [3.8, 4) is 0 Å². The monoisotopic (exact) mass is 201 g/mol. The topological polar surface area (TPSA) is 58.6 Å². The maximum Gasteiger partial charge on any atom is 0.319 e. The molecule has 0 heterocycles. The van der Waals surface area contributed by atoms with Gasteiger partial charge in [0.05, 0.1) is 19.3 Å². The van der Waals surface area contributed by atoms with E-state index in [0.29, 0.717) is 6.61 Å². The van der Waals surface area contributed by atoms with Crippen LogP contribution in [0.5, 0.6) is 0 Å². The molecule has 82 valence electrons. The first-order valence-corrected chi connectivity index (χ1v) is 5.31. The van der Waals surface area contributed by atoms with E-state index in [1.165, 1.54) is 0 Å². The molecule has 4 heteroatoms. The van der Waals surface area contributed by atoms with Crippen molar-refractivity contribution in [3.05, 3.63) is 0 Å². The largest absolute Gasteiger partial charge is 0.465 e. The number of esters is 1. The zero-order valence-electron chi connectivity index (χ0n) is 8.66. The summed E-state index contributed by atoms with van der Waals surface area (Å²) in [5.74, 6) is -0.245. The first-order chi connectivity index (χ1) is 6.74. The van der Waals surface area contributed by atoms with E-state index in [1.807, 2.05) is 0 Å². The van der Waals surface area contributed by atoms with Crippen molar-refractivity contribution in [2.45, 2.75) is 44.8 Å². The van der Waals surface area contributed by atoms with E-state index >= 15 is 0 Å². The second kappa shape index (κ2) is 5.98. The predicted octanol–water partition coefficient (Wildman–Crippen LogP) is 0.443. The van der Waals surface area contributed by atoms with Gasteiger partial charge >= 0.3 is 5.97 Å². The van der Waals surface area contributed by atoms with E-state index in [2.05, 4.69) is 5.32 Å². The third kappa shape index (κ3) is 3.64. The maximum absolute atomic E-state index is 11.0. The maximum atomic E-state index is 11.0. The second-order valence-corrected chi connectivity index (χ2v) is 3.64. The summed E-state index contributed by atoms with van der Waals surface area (Å²) in [6.07, 6.45) is 3.68. The Morgan fingerprint density at radius 1 is 1.50 bits per heavy atom. The van der Waals surface area contributed by atoms with Crippen LogP contribution in [0.15, 0.2) is 0 Å². The van der Waals surface area contributed by atoms with Gasteiger partial charge in [0.15, 0.2) is 0 Å². The minimum Gasteiger partial charge on any atom is -0.465 e. The second-order valence-electron chi connectivity index (χ2n) is 3.64. The third-order valence-electron chi connectivity index (χ3n) is 2.54. The summed E-state index contributed by atoms with van der Waals surface area (Å²) >= 11 is 0. The summed E-state index contributed by atoms with van der Waals surface area (Å²) in [7, 11) is 0. The van der Waals surface area contributed by atoms with E-state index in [1.54, 1.807) is 6.92 Å². The number of rotatable bonds is 4. The number of hydrogen-bond donors (Lipinski definition) is 2. The number of aliphatic hydroxyl groups excluding tert-OH is 1. The molecule has 1 fully saturated rings. The van der Waals surface area contributed by atoms with Crippen molar-refractivity contribution < 1.29 is 14.6 Å². The van der Waals surface area contributed by atoms with Crippen molar-refractivity contribution in [3.63, 3.8) is 0 Å². The van der Waals surface area contributed by atoms with Crippen LogP contribution in [0.2, 0.25) is 0 Å². The average Bonchev–Trinajstić information content (AvgIpc) is 2.17. The molecule has 0 aliphatic heterocycles. The van der Waals surface area contributed by atoms with Gasteiger partial charge < -0.3 is 15.2 Å². The van der Waals surface area contributed by atoms with Gasteiger partial charge in [0.1, 0.15) is 0 Å². The summed E-state index contributed by atoms with van der Waals surface area (Å²) in [6, 6.07) is 0.0631. The minimum absolute atomic E-state index is 0.0631. The van der Waals surface area contributed by atoms with E-state index in [4.69, 9.17) is 4.74 Å². The molecular formula is C10H19NO3. The summed E-state index contributed by atoms with van der Waals surface area (Å²) in [5.41, 5.74) is 0. The molecule has 0 aromatic rings. The van der Waals surface area contributed by atoms with E-state index in [0.717, 1.165) is 25.7 Å². The van der Waals surface area contributed by atoms with Crippen molar-refractivity contribution in [1.82, 2.24) is 5.32 Å². The Morgan fingerprint density at radius 3 is 2.86 bits per heavy atom. The molecule has 0 saturated heterocycles. The Kier molecular flexibility index (Phi) is 4.90. The quantitative estimate of drug-likeness (QED) is 0.648. The molecule has 0 aromatic carbocycles. The lowest BCUT2D eigenvalue weighted by Crippen LogP contribution is -2.44. The number of nitrogens with one attached hydrogen (secondary N) is 1. The number of carbonyl (C=O) groups excluding carboxylic acids is 1. The van der Waals surface area contributed by atoms with Gasteiger partial charge in [0.25, 0.3) is 0 Å². The number of carbonyl (C=O) groups is 1. The van der Waals surface area contributed by atoms with E-state index < -0.39 is 0 Å².